The Balaban J connectivity index is 1.09. The van der Waals surface area contributed by atoms with Gasteiger partial charge in [0.15, 0.2) is 0 Å². The van der Waals surface area contributed by atoms with Crippen molar-refractivity contribution in [3.63, 3.8) is 0 Å². The van der Waals surface area contributed by atoms with Gasteiger partial charge in [-0.15, -0.1) is 0 Å². The van der Waals surface area contributed by atoms with Crippen LogP contribution in [0.15, 0.2) is 66.9 Å². The zero-order chi connectivity index (χ0) is 27.6. The first-order chi connectivity index (χ1) is 20.2. The molecule has 0 radical (unpaired) electrons. The van der Waals surface area contributed by atoms with Crippen LogP contribution in [-0.2, 0) is 4.74 Å². The number of nitrogens with one attached hydrogen (secondary N) is 2. The van der Waals surface area contributed by atoms with Crippen LogP contribution in [0.5, 0.6) is 0 Å². The summed E-state index contributed by atoms with van der Waals surface area (Å²) < 4.78 is 5.41. The molecule has 41 heavy (non-hydrogen) atoms. The van der Waals surface area contributed by atoms with Crippen LogP contribution in [-0.4, -0.2) is 71.4 Å². The van der Waals surface area contributed by atoms with Crippen LogP contribution in [0, 0.1) is 5.92 Å². The summed E-state index contributed by atoms with van der Waals surface area (Å²) in [5.74, 6) is 0.348. The SMILES string of the molecule is O=C(N[C@H](c1ccccn1)C1CCCC1)c1ccc2[nH]nc(-c3ccc(N4CCCN(C5COC5)CC4)cc3)c2c1. The molecule has 7 rings (SSSR count). The van der Waals surface area contributed by atoms with E-state index in [4.69, 9.17) is 4.74 Å². The van der Waals surface area contributed by atoms with E-state index in [-0.39, 0.29) is 11.9 Å². The lowest BCUT2D eigenvalue weighted by Crippen LogP contribution is -2.50. The maximum absolute atomic E-state index is 13.5. The number of fused-ring (bicyclic) bond motifs is 1. The molecule has 1 saturated carbocycles. The number of amides is 1. The Bertz CT molecular complexity index is 1480. The Hall–Kier alpha value is -3.75. The predicted molar refractivity (Wildman–Crippen MR) is 161 cm³/mol. The van der Waals surface area contributed by atoms with E-state index in [9.17, 15) is 4.79 Å². The third kappa shape index (κ3) is 5.46. The summed E-state index contributed by atoms with van der Waals surface area (Å²) in [5, 5.41) is 12.1. The topological polar surface area (TPSA) is 86.4 Å². The van der Waals surface area contributed by atoms with Gasteiger partial charge in [-0.1, -0.05) is 31.0 Å². The van der Waals surface area contributed by atoms with E-state index in [0.717, 1.165) is 86.5 Å². The fraction of sp³-hybridized carbons (Fsp3) is 0.424. The number of hydrogen-bond acceptors (Lipinski definition) is 6. The Morgan fingerprint density at radius 1 is 0.951 bits per heavy atom. The highest BCUT2D eigenvalue weighted by Crippen LogP contribution is 2.35. The molecule has 212 valence electrons. The lowest BCUT2D eigenvalue weighted by molar-refractivity contribution is -0.0625. The maximum atomic E-state index is 13.5. The van der Waals surface area contributed by atoms with Gasteiger partial charge in [-0.3, -0.25) is 19.8 Å². The summed E-state index contributed by atoms with van der Waals surface area (Å²) >= 11 is 0. The van der Waals surface area contributed by atoms with Crippen LogP contribution in [0.2, 0.25) is 0 Å². The van der Waals surface area contributed by atoms with Crippen LogP contribution in [0.4, 0.5) is 5.69 Å². The molecule has 0 bridgehead atoms. The molecule has 0 unspecified atom stereocenters. The highest BCUT2D eigenvalue weighted by atomic mass is 16.5. The first-order valence-corrected chi connectivity index (χ1v) is 15.1. The molecule has 2 saturated heterocycles. The highest BCUT2D eigenvalue weighted by Gasteiger charge is 2.30. The third-order valence-electron chi connectivity index (χ3n) is 9.16. The van der Waals surface area contributed by atoms with Crippen molar-refractivity contribution in [2.75, 3.05) is 44.3 Å². The largest absolute Gasteiger partial charge is 0.378 e. The number of aromatic nitrogens is 3. The molecule has 1 atom stereocenters. The molecule has 8 heteroatoms. The van der Waals surface area contributed by atoms with E-state index < -0.39 is 0 Å². The minimum absolute atomic E-state index is 0.0689. The smallest absolute Gasteiger partial charge is 0.251 e. The lowest BCUT2D eigenvalue weighted by atomic mass is 9.94. The minimum atomic E-state index is -0.0774. The molecule has 2 aromatic heterocycles. The summed E-state index contributed by atoms with van der Waals surface area (Å²) in [5.41, 5.74) is 5.65. The number of carbonyl (C=O) groups is 1. The molecule has 3 fully saturated rings. The zero-order valence-electron chi connectivity index (χ0n) is 23.5. The van der Waals surface area contributed by atoms with Gasteiger partial charge in [-0.05, 0) is 67.6 Å². The molecule has 2 aliphatic heterocycles. The van der Waals surface area contributed by atoms with Gasteiger partial charge in [-0.25, -0.2) is 0 Å². The minimum Gasteiger partial charge on any atom is -0.378 e. The van der Waals surface area contributed by atoms with Crippen molar-refractivity contribution >= 4 is 22.5 Å². The second-order valence-corrected chi connectivity index (χ2v) is 11.7. The average molecular weight is 551 g/mol. The van der Waals surface area contributed by atoms with Crippen LogP contribution in [0.3, 0.4) is 0 Å². The van der Waals surface area contributed by atoms with E-state index in [1.54, 1.807) is 0 Å². The van der Waals surface area contributed by atoms with Crippen LogP contribution >= 0.6 is 0 Å². The number of aromatic amines is 1. The van der Waals surface area contributed by atoms with E-state index in [0.29, 0.717) is 17.5 Å². The van der Waals surface area contributed by atoms with Gasteiger partial charge >= 0.3 is 0 Å². The van der Waals surface area contributed by atoms with Crippen LogP contribution < -0.4 is 10.2 Å². The van der Waals surface area contributed by atoms with Crippen molar-refractivity contribution in [1.29, 1.82) is 0 Å². The molecular weight excluding hydrogens is 512 g/mol. The number of benzene rings is 2. The van der Waals surface area contributed by atoms with Crippen LogP contribution in [0.1, 0.15) is 54.2 Å². The Labute approximate surface area is 241 Å². The van der Waals surface area contributed by atoms with Gasteiger partial charge in [-0.2, -0.15) is 5.10 Å². The van der Waals surface area contributed by atoms with Gasteiger partial charge in [0.25, 0.3) is 5.91 Å². The van der Waals surface area contributed by atoms with E-state index >= 15 is 0 Å². The Morgan fingerprint density at radius 3 is 2.56 bits per heavy atom. The van der Waals surface area contributed by atoms with Crippen molar-refractivity contribution in [3.8, 4) is 11.3 Å². The maximum Gasteiger partial charge on any atom is 0.251 e. The number of hydrogen-bond donors (Lipinski definition) is 2. The van der Waals surface area contributed by atoms with Gasteiger partial charge in [0.1, 0.15) is 0 Å². The number of anilines is 1. The molecule has 4 aromatic rings. The van der Waals surface area contributed by atoms with E-state index in [2.05, 4.69) is 54.6 Å². The number of nitrogens with zero attached hydrogens (tertiary/aromatic N) is 4. The molecular formula is C33H38N6O2. The first-order valence-electron chi connectivity index (χ1n) is 15.1. The summed E-state index contributed by atoms with van der Waals surface area (Å²) in [6.45, 7) is 6.06. The number of H-pyrrole nitrogens is 1. The van der Waals surface area contributed by atoms with Gasteiger partial charge in [0.05, 0.1) is 42.2 Å². The summed E-state index contributed by atoms with van der Waals surface area (Å²) in [6.07, 6.45) is 7.62. The third-order valence-corrected chi connectivity index (χ3v) is 9.16. The normalized spacial score (nSPS) is 19.7. The molecule has 1 amide bonds. The van der Waals surface area contributed by atoms with E-state index in [1.165, 1.54) is 18.5 Å². The second kappa shape index (κ2) is 11.6. The predicted octanol–water partition coefficient (Wildman–Crippen LogP) is 5.20. The highest BCUT2D eigenvalue weighted by molar-refractivity contribution is 6.01. The van der Waals surface area contributed by atoms with Crippen molar-refractivity contribution in [3.05, 3.63) is 78.1 Å². The second-order valence-electron chi connectivity index (χ2n) is 11.7. The quantitative estimate of drug-likeness (QED) is 0.329. The molecule has 1 aliphatic carbocycles. The van der Waals surface area contributed by atoms with Gasteiger partial charge < -0.3 is 15.0 Å². The fourth-order valence-corrected chi connectivity index (χ4v) is 6.71. The molecule has 4 heterocycles. The van der Waals surface area contributed by atoms with Crippen molar-refractivity contribution in [2.45, 2.75) is 44.2 Å². The Kier molecular flexibility index (Phi) is 7.42. The Morgan fingerprint density at radius 2 is 1.80 bits per heavy atom. The summed E-state index contributed by atoms with van der Waals surface area (Å²) in [6, 6.07) is 21.0. The van der Waals surface area contributed by atoms with E-state index in [1.807, 2.05) is 42.6 Å². The molecule has 3 aliphatic rings. The summed E-state index contributed by atoms with van der Waals surface area (Å²) in [7, 11) is 0. The number of rotatable bonds is 7. The molecule has 0 spiro atoms. The van der Waals surface area contributed by atoms with Gasteiger partial charge in [0.2, 0.25) is 0 Å². The van der Waals surface area contributed by atoms with Gasteiger partial charge in [0, 0.05) is 54.6 Å². The number of pyridine rings is 1. The molecule has 8 nitrogen and oxygen atoms in total. The summed E-state index contributed by atoms with van der Waals surface area (Å²) in [4.78, 5) is 23.2. The van der Waals surface area contributed by atoms with Crippen molar-refractivity contribution in [1.82, 2.24) is 25.4 Å². The average Bonchev–Trinajstić information content (AvgIpc) is 3.61. The fourth-order valence-electron chi connectivity index (χ4n) is 6.71. The molecule has 2 aromatic carbocycles. The monoisotopic (exact) mass is 550 g/mol. The van der Waals surface area contributed by atoms with Crippen LogP contribution in [0.25, 0.3) is 22.2 Å². The standard InChI is InChI=1S/C33H38N6O2/c40-33(35-32(23-6-1-2-7-23)30-8-3-4-15-34-30)25-11-14-29-28(20-25)31(37-36-29)24-9-12-26(13-10-24)38-16-5-17-39(19-18-38)27-21-41-22-27/h3-4,8-15,20,23,27,32H,1-2,5-7,16-19,21-22H2,(H,35,40)(H,36,37)/t32-/m0/s1. The first kappa shape index (κ1) is 26.2. The molecule has 2 N–H and O–H groups in total. The number of carbonyl (C=O) groups excluding carboxylic acids is 1. The van der Waals surface area contributed by atoms with Crippen molar-refractivity contribution < 1.29 is 9.53 Å². The number of ether oxygens (including phenoxy) is 1. The zero-order valence-corrected chi connectivity index (χ0v) is 23.5. The van der Waals surface area contributed by atoms with Crippen molar-refractivity contribution in [2.24, 2.45) is 5.92 Å². The lowest BCUT2D eigenvalue weighted by Gasteiger charge is -2.36.